The molecule has 0 aliphatic carbocycles. The first-order valence-corrected chi connectivity index (χ1v) is 8.46. The second-order valence-electron chi connectivity index (χ2n) is 5.61. The Hall–Kier alpha value is -2.21. The number of carbonyl (C=O) groups excluding carboxylic acids is 2. The van der Waals surface area contributed by atoms with Gasteiger partial charge in [0.05, 0.1) is 0 Å². The van der Waals surface area contributed by atoms with E-state index in [2.05, 4.69) is 21.2 Å². The van der Waals surface area contributed by atoms with Gasteiger partial charge in [0.1, 0.15) is 5.82 Å². The van der Waals surface area contributed by atoms with Crippen LogP contribution in [0.2, 0.25) is 0 Å². The highest BCUT2D eigenvalue weighted by Crippen LogP contribution is 2.22. The van der Waals surface area contributed by atoms with Crippen molar-refractivity contribution in [2.45, 2.75) is 19.4 Å². The zero-order valence-corrected chi connectivity index (χ0v) is 14.5. The number of nitrogens with zero attached hydrogens (tertiary/aromatic N) is 1. The van der Waals surface area contributed by atoms with Crippen molar-refractivity contribution in [2.75, 3.05) is 11.4 Å². The number of rotatable bonds is 4. The topological polar surface area (TPSA) is 49.4 Å². The van der Waals surface area contributed by atoms with E-state index in [9.17, 15) is 14.0 Å². The van der Waals surface area contributed by atoms with E-state index in [0.717, 1.165) is 23.1 Å². The van der Waals surface area contributed by atoms with E-state index in [1.54, 1.807) is 35.2 Å². The molecular formula is C18H16BrFN2O2. The maximum atomic E-state index is 13.3. The second-order valence-corrected chi connectivity index (χ2v) is 6.47. The lowest BCUT2D eigenvalue weighted by Gasteiger charge is -2.15. The van der Waals surface area contributed by atoms with Crippen LogP contribution < -0.4 is 10.2 Å². The number of benzene rings is 2. The largest absolute Gasteiger partial charge is 0.348 e. The fourth-order valence-corrected chi connectivity index (χ4v) is 3.06. The third-order valence-corrected chi connectivity index (χ3v) is 4.74. The monoisotopic (exact) mass is 390 g/mol. The number of carbonyl (C=O) groups is 2. The summed E-state index contributed by atoms with van der Waals surface area (Å²) in [5.41, 5.74) is 1.97. The van der Waals surface area contributed by atoms with Crippen molar-refractivity contribution >= 4 is 33.4 Å². The average Bonchev–Trinajstić information content (AvgIpc) is 3.01. The fraction of sp³-hybridized carbons (Fsp3) is 0.222. The lowest BCUT2D eigenvalue weighted by molar-refractivity contribution is -0.117. The van der Waals surface area contributed by atoms with Gasteiger partial charge in [0, 0.05) is 35.2 Å². The van der Waals surface area contributed by atoms with Crippen LogP contribution in [0.4, 0.5) is 10.1 Å². The molecule has 1 aliphatic rings. The number of amides is 2. The molecule has 2 aromatic rings. The quantitative estimate of drug-likeness (QED) is 0.865. The normalized spacial score (nSPS) is 14.1. The summed E-state index contributed by atoms with van der Waals surface area (Å²) in [5, 5.41) is 2.76. The molecule has 0 bridgehead atoms. The molecular weight excluding hydrogens is 375 g/mol. The van der Waals surface area contributed by atoms with Crippen LogP contribution in [-0.4, -0.2) is 18.4 Å². The van der Waals surface area contributed by atoms with Crippen LogP contribution in [0.25, 0.3) is 0 Å². The van der Waals surface area contributed by atoms with Crippen LogP contribution in [0.3, 0.4) is 0 Å². The van der Waals surface area contributed by atoms with Gasteiger partial charge in [-0.2, -0.15) is 0 Å². The van der Waals surface area contributed by atoms with Crippen molar-refractivity contribution in [1.82, 2.24) is 5.32 Å². The van der Waals surface area contributed by atoms with Crippen LogP contribution in [0, 0.1) is 5.82 Å². The lowest BCUT2D eigenvalue weighted by Crippen LogP contribution is -2.25. The summed E-state index contributed by atoms with van der Waals surface area (Å²) in [4.78, 5) is 25.7. The number of halogens is 2. The average molecular weight is 391 g/mol. The van der Waals surface area contributed by atoms with E-state index in [0.29, 0.717) is 17.5 Å². The molecule has 1 fully saturated rings. The summed E-state index contributed by atoms with van der Waals surface area (Å²) in [6.07, 6.45) is 1.44. The summed E-state index contributed by atoms with van der Waals surface area (Å²) in [6, 6.07) is 11.3. The van der Waals surface area contributed by atoms with E-state index < -0.39 is 0 Å². The van der Waals surface area contributed by atoms with Gasteiger partial charge >= 0.3 is 0 Å². The summed E-state index contributed by atoms with van der Waals surface area (Å²) >= 11 is 3.33. The minimum absolute atomic E-state index is 0.114. The molecule has 4 nitrogen and oxygen atoms in total. The Morgan fingerprint density at radius 2 is 1.96 bits per heavy atom. The molecule has 1 aliphatic heterocycles. The van der Waals surface area contributed by atoms with Crippen LogP contribution in [-0.2, 0) is 11.3 Å². The second kappa shape index (κ2) is 7.13. The highest BCUT2D eigenvalue weighted by molar-refractivity contribution is 9.10. The summed E-state index contributed by atoms with van der Waals surface area (Å²) < 4.78 is 14.0. The molecule has 1 N–H and O–H groups in total. The Labute approximate surface area is 147 Å². The van der Waals surface area contributed by atoms with Gasteiger partial charge in [0.25, 0.3) is 5.91 Å². The number of anilines is 1. The lowest BCUT2D eigenvalue weighted by atomic mass is 10.1. The zero-order chi connectivity index (χ0) is 17.1. The van der Waals surface area contributed by atoms with Gasteiger partial charge in [-0.15, -0.1) is 0 Å². The van der Waals surface area contributed by atoms with Crippen molar-refractivity contribution in [2.24, 2.45) is 0 Å². The zero-order valence-electron chi connectivity index (χ0n) is 12.9. The van der Waals surface area contributed by atoms with E-state index in [-0.39, 0.29) is 24.2 Å². The molecule has 1 saturated heterocycles. The van der Waals surface area contributed by atoms with Gasteiger partial charge in [-0.05, 0) is 54.4 Å². The fourth-order valence-electron chi connectivity index (χ4n) is 2.67. The van der Waals surface area contributed by atoms with Gasteiger partial charge in [-0.25, -0.2) is 4.39 Å². The number of hydrogen-bond acceptors (Lipinski definition) is 2. The molecule has 2 amide bonds. The van der Waals surface area contributed by atoms with Gasteiger partial charge in [-0.3, -0.25) is 9.59 Å². The van der Waals surface area contributed by atoms with Crippen LogP contribution in [0.15, 0.2) is 46.9 Å². The first-order valence-electron chi connectivity index (χ1n) is 7.67. The summed E-state index contributed by atoms with van der Waals surface area (Å²) in [5.74, 6) is -0.476. The first kappa shape index (κ1) is 16.6. The molecule has 0 atom stereocenters. The van der Waals surface area contributed by atoms with Gasteiger partial charge in [0.15, 0.2) is 0 Å². The number of nitrogens with one attached hydrogen (secondary N) is 1. The molecule has 0 aromatic heterocycles. The van der Waals surface area contributed by atoms with Crippen LogP contribution in [0.5, 0.6) is 0 Å². The van der Waals surface area contributed by atoms with Crippen LogP contribution >= 0.6 is 15.9 Å². The molecule has 0 saturated carbocycles. The van der Waals surface area contributed by atoms with E-state index in [1.807, 2.05) is 0 Å². The van der Waals surface area contributed by atoms with Gasteiger partial charge in [0.2, 0.25) is 5.91 Å². The molecule has 3 rings (SSSR count). The van der Waals surface area contributed by atoms with Crippen LogP contribution in [0.1, 0.15) is 28.8 Å². The Kier molecular flexibility index (Phi) is 4.94. The van der Waals surface area contributed by atoms with Crippen molar-refractivity contribution in [1.29, 1.82) is 0 Å². The Balaban J connectivity index is 1.65. The van der Waals surface area contributed by atoms with Crippen molar-refractivity contribution in [3.63, 3.8) is 0 Å². The maximum absolute atomic E-state index is 13.3. The molecule has 0 radical (unpaired) electrons. The summed E-state index contributed by atoms with van der Waals surface area (Å²) in [6.45, 7) is 0.946. The van der Waals surface area contributed by atoms with E-state index >= 15 is 0 Å². The van der Waals surface area contributed by atoms with Crippen molar-refractivity contribution in [3.05, 3.63) is 63.9 Å². The third-order valence-electron chi connectivity index (χ3n) is 3.96. The smallest absolute Gasteiger partial charge is 0.251 e. The molecule has 1 heterocycles. The maximum Gasteiger partial charge on any atom is 0.251 e. The summed E-state index contributed by atoms with van der Waals surface area (Å²) in [7, 11) is 0. The predicted octanol–water partition coefficient (Wildman–Crippen LogP) is 3.65. The van der Waals surface area contributed by atoms with Crippen molar-refractivity contribution < 1.29 is 14.0 Å². The number of hydrogen-bond donors (Lipinski definition) is 1. The molecule has 124 valence electrons. The van der Waals surface area contributed by atoms with E-state index in [1.165, 1.54) is 12.1 Å². The predicted molar refractivity (Wildman–Crippen MR) is 93.3 cm³/mol. The SMILES string of the molecule is O=C(NCc1cc(F)ccc1Br)c1ccc(N2CCCC2=O)cc1. The minimum atomic E-state index is -0.345. The molecule has 0 unspecified atom stereocenters. The van der Waals surface area contributed by atoms with Crippen molar-refractivity contribution in [3.8, 4) is 0 Å². The Morgan fingerprint density at radius 1 is 1.21 bits per heavy atom. The Bertz CT molecular complexity index is 777. The highest BCUT2D eigenvalue weighted by Gasteiger charge is 2.21. The molecule has 24 heavy (non-hydrogen) atoms. The molecule has 0 spiro atoms. The Morgan fingerprint density at radius 3 is 2.62 bits per heavy atom. The van der Waals surface area contributed by atoms with Gasteiger partial charge < -0.3 is 10.2 Å². The highest BCUT2D eigenvalue weighted by atomic mass is 79.9. The minimum Gasteiger partial charge on any atom is -0.348 e. The van der Waals surface area contributed by atoms with Gasteiger partial charge in [-0.1, -0.05) is 15.9 Å². The first-order chi connectivity index (χ1) is 11.5. The van der Waals surface area contributed by atoms with E-state index in [4.69, 9.17) is 0 Å². The molecule has 6 heteroatoms. The molecule has 2 aromatic carbocycles. The standard InChI is InChI=1S/C18H16BrFN2O2/c19-16-8-5-14(20)10-13(16)11-21-18(24)12-3-6-15(7-4-12)22-9-1-2-17(22)23/h3-8,10H,1-2,9,11H2,(H,21,24). The third kappa shape index (κ3) is 3.64.